The number of hydrogen-bond donors (Lipinski definition) is 0. The van der Waals surface area contributed by atoms with E-state index < -0.39 is 0 Å². The van der Waals surface area contributed by atoms with Crippen LogP contribution in [0.3, 0.4) is 0 Å². The molecule has 0 aliphatic heterocycles. The molecule has 0 heterocycles. The second kappa shape index (κ2) is 4.79. The first-order valence-corrected chi connectivity index (χ1v) is 5.15. The van der Waals surface area contributed by atoms with Crippen LogP contribution in [-0.2, 0) is 6.42 Å². The first kappa shape index (κ1) is 10.7. The SMILES string of the molecule is COc1cccc(Cc2ccc(F)cc2)c1. The van der Waals surface area contributed by atoms with Gasteiger partial charge in [0, 0.05) is 0 Å². The van der Waals surface area contributed by atoms with Crippen molar-refractivity contribution in [2.75, 3.05) is 7.11 Å². The Bertz CT molecular complexity index is 462. The third kappa shape index (κ3) is 2.60. The summed E-state index contributed by atoms with van der Waals surface area (Å²) >= 11 is 0. The zero-order valence-electron chi connectivity index (χ0n) is 9.11. The van der Waals surface area contributed by atoms with Gasteiger partial charge in [0.2, 0.25) is 0 Å². The van der Waals surface area contributed by atoms with E-state index in [0.29, 0.717) is 0 Å². The van der Waals surface area contributed by atoms with E-state index in [4.69, 9.17) is 4.74 Å². The number of rotatable bonds is 3. The molecule has 2 rings (SSSR count). The summed E-state index contributed by atoms with van der Waals surface area (Å²) < 4.78 is 17.9. The first-order chi connectivity index (χ1) is 7.78. The summed E-state index contributed by atoms with van der Waals surface area (Å²) in [4.78, 5) is 0. The van der Waals surface area contributed by atoms with Gasteiger partial charge in [-0.15, -0.1) is 0 Å². The van der Waals surface area contributed by atoms with Gasteiger partial charge in [-0.25, -0.2) is 4.39 Å². The summed E-state index contributed by atoms with van der Waals surface area (Å²) in [5.74, 6) is 0.647. The molecule has 0 aromatic heterocycles. The molecule has 0 unspecified atom stereocenters. The van der Waals surface area contributed by atoms with Crippen LogP contribution in [0.15, 0.2) is 48.5 Å². The van der Waals surface area contributed by atoms with Crippen LogP contribution in [0.25, 0.3) is 0 Å². The Morgan fingerprint density at radius 2 is 1.75 bits per heavy atom. The molecule has 0 atom stereocenters. The highest BCUT2D eigenvalue weighted by atomic mass is 19.1. The Hall–Kier alpha value is -1.83. The highest BCUT2D eigenvalue weighted by Crippen LogP contribution is 2.16. The van der Waals surface area contributed by atoms with E-state index in [2.05, 4.69) is 0 Å². The van der Waals surface area contributed by atoms with Gasteiger partial charge in [0.05, 0.1) is 7.11 Å². The number of hydrogen-bond acceptors (Lipinski definition) is 1. The van der Waals surface area contributed by atoms with Gasteiger partial charge in [-0.1, -0.05) is 24.3 Å². The molecule has 0 amide bonds. The van der Waals surface area contributed by atoms with Crippen LogP contribution in [0, 0.1) is 5.82 Å². The number of ether oxygens (including phenoxy) is 1. The van der Waals surface area contributed by atoms with E-state index in [0.717, 1.165) is 23.3 Å². The van der Waals surface area contributed by atoms with Crippen molar-refractivity contribution in [3.63, 3.8) is 0 Å². The minimum absolute atomic E-state index is 0.200. The van der Waals surface area contributed by atoms with Crippen molar-refractivity contribution >= 4 is 0 Å². The van der Waals surface area contributed by atoms with E-state index in [9.17, 15) is 4.39 Å². The molecule has 82 valence electrons. The van der Waals surface area contributed by atoms with E-state index in [-0.39, 0.29) is 5.82 Å². The molecule has 0 bridgehead atoms. The summed E-state index contributed by atoms with van der Waals surface area (Å²) in [6.07, 6.45) is 0.789. The van der Waals surface area contributed by atoms with Crippen LogP contribution >= 0.6 is 0 Å². The van der Waals surface area contributed by atoms with Crippen LogP contribution < -0.4 is 4.74 Å². The summed E-state index contributed by atoms with van der Waals surface area (Å²) in [7, 11) is 1.65. The van der Waals surface area contributed by atoms with Crippen molar-refractivity contribution in [2.45, 2.75) is 6.42 Å². The van der Waals surface area contributed by atoms with Gasteiger partial charge in [-0.2, -0.15) is 0 Å². The lowest BCUT2D eigenvalue weighted by molar-refractivity contribution is 0.414. The van der Waals surface area contributed by atoms with Crippen LogP contribution in [0.5, 0.6) is 5.75 Å². The normalized spacial score (nSPS) is 10.1. The molecule has 0 aliphatic carbocycles. The van der Waals surface area contributed by atoms with Gasteiger partial charge >= 0.3 is 0 Å². The number of benzene rings is 2. The maximum Gasteiger partial charge on any atom is 0.123 e. The van der Waals surface area contributed by atoms with Gasteiger partial charge in [0.15, 0.2) is 0 Å². The fourth-order valence-electron chi connectivity index (χ4n) is 1.62. The lowest BCUT2D eigenvalue weighted by Crippen LogP contribution is -1.90. The van der Waals surface area contributed by atoms with Crippen molar-refractivity contribution in [3.8, 4) is 5.75 Å². The molecule has 2 heteroatoms. The maximum absolute atomic E-state index is 12.7. The van der Waals surface area contributed by atoms with Crippen LogP contribution in [0.2, 0.25) is 0 Å². The fraction of sp³-hybridized carbons (Fsp3) is 0.143. The van der Waals surface area contributed by atoms with Crippen molar-refractivity contribution < 1.29 is 9.13 Å². The van der Waals surface area contributed by atoms with Crippen molar-refractivity contribution in [1.82, 2.24) is 0 Å². The van der Waals surface area contributed by atoms with Crippen LogP contribution in [0.4, 0.5) is 4.39 Å². The Morgan fingerprint density at radius 3 is 2.44 bits per heavy atom. The number of methoxy groups -OCH3 is 1. The molecule has 1 nitrogen and oxygen atoms in total. The van der Waals surface area contributed by atoms with Crippen LogP contribution in [0.1, 0.15) is 11.1 Å². The van der Waals surface area contributed by atoms with Crippen molar-refractivity contribution in [3.05, 3.63) is 65.5 Å². The molecule has 0 saturated heterocycles. The highest BCUT2D eigenvalue weighted by molar-refractivity contribution is 5.32. The standard InChI is InChI=1S/C14H13FO/c1-16-14-4-2-3-12(10-14)9-11-5-7-13(15)8-6-11/h2-8,10H,9H2,1H3. The van der Waals surface area contributed by atoms with E-state index in [1.807, 2.05) is 24.3 Å². The lowest BCUT2D eigenvalue weighted by Gasteiger charge is -2.04. The van der Waals surface area contributed by atoms with Gasteiger partial charge < -0.3 is 4.74 Å². The Labute approximate surface area is 94.5 Å². The van der Waals surface area contributed by atoms with Crippen LogP contribution in [-0.4, -0.2) is 7.11 Å². The molecule has 0 radical (unpaired) electrons. The Morgan fingerprint density at radius 1 is 1.00 bits per heavy atom. The quantitative estimate of drug-likeness (QED) is 0.763. The molecule has 0 aliphatic rings. The fourth-order valence-corrected chi connectivity index (χ4v) is 1.62. The van der Waals surface area contributed by atoms with Gasteiger partial charge in [0.1, 0.15) is 11.6 Å². The molecule has 0 N–H and O–H groups in total. The third-order valence-corrected chi connectivity index (χ3v) is 2.46. The van der Waals surface area contributed by atoms with E-state index >= 15 is 0 Å². The van der Waals surface area contributed by atoms with E-state index in [1.54, 1.807) is 19.2 Å². The molecule has 2 aromatic carbocycles. The lowest BCUT2D eigenvalue weighted by atomic mass is 10.0. The predicted octanol–water partition coefficient (Wildman–Crippen LogP) is 3.43. The molecule has 2 aromatic rings. The number of halogens is 1. The average molecular weight is 216 g/mol. The third-order valence-electron chi connectivity index (χ3n) is 2.46. The van der Waals surface area contributed by atoms with Crippen molar-refractivity contribution in [1.29, 1.82) is 0 Å². The van der Waals surface area contributed by atoms with E-state index in [1.165, 1.54) is 12.1 Å². The predicted molar refractivity (Wildman–Crippen MR) is 62.2 cm³/mol. The summed E-state index contributed by atoms with van der Waals surface area (Å²) in [5.41, 5.74) is 2.25. The monoisotopic (exact) mass is 216 g/mol. The van der Waals surface area contributed by atoms with Crippen molar-refractivity contribution in [2.24, 2.45) is 0 Å². The summed E-state index contributed by atoms with van der Waals surface area (Å²) in [6.45, 7) is 0. The summed E-state index contributed by atoms with van der Waals surface area (Å²) in [6, 6.07) is 14.5. The molecule has 16 heavy (non-hydrogen) atoms. The molecular weight excluding hydrogens is 203 g/mol. The minimum atomic E-state index is -0.200. The molecule has 0 spiro atoms. The Kier molecular flexibility index (Phi) is 3.20. The zero-order valence-corrected chi connectivity index (χ0v) is 9.11. The topological polar surface area (TPSA) is 9.23 Å². The average Bonchev–Trinajstić information content (AvgIpc) is 2.32. The summed E-state index contributed by atoms with van der Waals surface area (Å²) in [5, 5.41) is 0. The second-order valence-corrected chi connectivity index (χ2v) is 3.65. The Balaban J connectivity index is 2.16. The highest BCUT2D eigenvalue weighted by Gasteiger charge is 1.98. The molecule has 0 fully saturated rings. The second-order valence-electron chi connectivity index (χ2n) is 3.65. The van der Waals surface area contributed by atoms with Gasteiger partial charge in [-0.05, 0) is 41.8 Å². The van der Waals surface area contributed by atoms with Gasteiger partial charge in [-0.3, -0.25) is 0 Å². The largest absolute Gasteiger partial charge is 0.497 e. The molecular formula is C14H13FO. The molecule has 0 saturated carbocycles. The van der Waals surface area contributed by atoms with Gasteiger partial charge in [0.25, 0.3) is 0 Å². The smallest absolute Gasteiger partial charge is 0.123 e. The first-order valence-electron chi connectivity index (χ1n) is 5.15. The minimum Gasteiger partial charge on any atom is -0.497 e. The maximum atomic E-state index is 12.7. The zero-order chi connectivity index (χ0) is 11.4.